The zero-order valence-electron chi connectivity index (χ0n) is 16.1. The molecule has 29 heavy (non-hydrogen) atoms. The topological polar surface area (TPSA) is 88.5 Å². The zero-order valence-corrected chi connectivity index (χ0v) is 16.9. The maximum atomic E-state index is 12.6. The monoisotopic (exact) mass is 417 g/mol. The number of oxime groups is 1. The van der Waals surface area contributed by atoms with Gasteiger partial charge in [-0.2, -0.15) is 4.31 Å². The Labute approximate surface area is 170 Å². The Kier molecular flexibility index (Phi) is 6.84. The molecule has 0 aromatic heterocycles. The smallest absolute Gasteiger partial charge is 0.263 e. The molecular weight excluding hydrogens is 394 g/mol. The second-order valence-corrected chi connectivity index (χ2v) is 8.29. The number of amides is 1. The quantitative estimate of drug-likeness (QED) is 0.504. The maximum Gasteiger partial charge on any atom is 0.263 e. The van der Waals surface area contributed by atoms with Gasteiger partial charge in [-0.05, 0) is 24.3 Å². The number of nitrogens with zero attached hydrogens (tertiary/aromatic N) is 3. The highest BCUT2D eigenvalue weighted by Gasteiger charge is 2.30. The molecule has 0 N–H and O–H groups in total. The Bertz CT molecular complexity index is 955. The largest absolute Gasteiger partial charge is 0.496 e. The van der Waals surface area contributed by atoms with Crippen LogP contribution < -0.4 is 4.74 Å². The van der Waals surface area contributed by atoms with Crippen LogP contribution in [-0.4, -0.2) is 69.6 Å². The summed E-state index contributed by atoms with van der Waals surface area (Å²) in [6.45, 7) is 0.896. The Hall–Kier alpha value is -2.91. The third-order valence-corrected chi connectivity index (χ3v) is 6.48. The first-order valence-electron chi connectivity index (χ1n) is 9.13. The van der Waals surface area contributed by atoms with Gasteiger partial charge in [0.25, 0.3) is 5.91 Å². The van der Waals surface area contributed by atoms with Crippen LogP contribution in [0.5, 0.6) is 5.75 Å². The number of hydrogen-bond donors (Lipinski definition) is 0. The predicted molar refractivity (Wildman–Crippen MR) is 108 cm³/mol. The van der Waals surface area contributed by atoms with Gasteiger partial charge in [0.05, 0.1) is 18.2 Å². The Morgan fingerprint density at radius 3 is 2.38 bits per heavy atom. The molecule has 1 aliphatic heterocycles. The van der Waals surface area contributed by atoms with Crippen molar-refractivity contribution in [3.8, 4) is 5.75 Å². The molecule has 0 spiro atoms. The fourth-order valence-corrected chi connectivity index (χ4v) is 4.41. The maximum absolute atomic E-state index is 12.6. The van der Waals surface area contributed by atoms with Crippen LogP contribution in [0.25, 0.3) is 0 Å². The number of sulfonamides is 1. The van der Waals surface area contributed by atoms with Crippen molar-refractivity contribution in [1.82, 2.24) is 9.21 Å². The fourth-order valence-electron chi connectivity index (χ4n) is 2.97. The number of benzene rings is 2. The van der Waals surface area contributed by atoms with Crippen LogP contribution in [0, 0.1) is 0 Å². The van der Waals surface area contributed by atoms with E-state index in [0.717, 1.165) is 5.56 Å². The van der Waals surface area contributed by atoms with E-state index in [2.05, 4.69) is 5.16 Å². The first-order valence-corrected chi connectivity index (χ1v) is 10.6. The Morgan fingerprint density at radius 1 is 1.03 bits per heavy atom. The lowest BCUT2D eigenvalue weighted by molar-refractivity contribution is -0.137. The summed E-state index contributed by atoms with van der Waals surface area (Å²) in [5.41, 5.74) is 0.738. The Balaban J connectivity index is 1.48. The molecule has 1 heterocycles. The van der Waals surface area contributed by atoms with E-state index in [1.165, 1.54) is 10.5 Å². The molecular formula is C20H23N3O5S. The van der Waals surface area contributed by atoms with Gasteiger partial charge >= 0.3 is 0 Å². The van der Waals surface area contributed by atoms with Gasteiger partial charge in [0.2, 0.25) is 10.0 Å². The summed E-state index contributed by atoms with van der Waals surface area (Å²) in [4.78, 5) is 19.2. The molecule has 8 nitrogen and oxygen atoms in total. The number of ether oxygens (including phenoxy) is 1. The summed E-state index contributed by atoms with van der Waals surface area (Å²) in [5.74, 6) is 0.417. The number of para-hydroxylation sites is 1. The van der Waals surface area contributed by atoms with Crippen molar-refractivity contribution in [3.63, 3.8) is 0 Å². The highest BCUT2D eigenvalue weighted by Crippen LogP contribution is 2.17. The van der Waals surface area contributed by atoms with Crippen molar-refractivity contribution in [2.75, 3.05) is 39.9 Å². The van der Waals surface area contributed by atoms with Crippen molar-refractivity contribution >= 4 is 22.1 Å². The number of rotatable bonds is 7. The summed E-state index contributed by atoms with van der Waals surface area (Å²) < 4.78 is 31.9. The second-order valence-electron chi connectivity index (χ2n) is 6.35. The van der Waals surface area contributed by atoms with Crippen molar-refractivity contribution < 1.29 is 22.8 Å². The molecule has 0 atom stereocenters. The normalized spacial score (nSPS) is 15.4. The average molecular weight is 417 g/mol. The molecule has 0 radical (unpaired) electrons. The Morgan fingerprint density at radius 2 is 1.69 bits per heavy atom. The van der Waals surface area contributed by atoms with Gasteiger partial charge in [-0.15, -0.1) is 0 Å². The molecule has 0 bridgehead atoms. The number of carbonyl (C=O) groups is 1. The van der Waals surface area contributed by atoms with Gasteiger partial charge in [-0.1, -0.05) is 35.5 Å². The summed E-state index contributed by atoms with van der Waals surface area (Å²) >= 11 is 0. The third-order valence-electron chi connectivity index (χ3n) is 4.57. The molecule has 9 heteroatoms. The summed E-state index contributed by atoms with van der Waals surface area (Å²) in [7, 11) is -1.98. The van der Waals surface area contributed by atoms with E-state index in [0.29, 0.717) is 18.8 Å². The minimum Gasteiger partial charge on any atom is -0.496 e. The van der Waals surface area contributed by atoms with Gasteiger partial charge in [0.1, 0.15) is 5.75 Å². The lowest BCUT2D eigenvalue weighted by atomic mass is 10.2. The van der Waals surface area contributed by atoms with Crippen molar-refractivity contribution in [2.45, 2.75) is 4.90 Å². The van der Waals surface area contributed by atoms with Gasteiger partial charge < -0.3 is 14.5 Å². The number of hydrogen-bond acceptors (Lipinski definition) is 6. The third kappa shape index (κ3) is 5.12. The number of carbonyl (C=O) groups excluding carboxylic acids is 1. The SMILES string of the molecule is COc1ccccc1/C=N\OCC(=O)N1CCN(S(=O)(=O)c2ccccc2)CC1. The van der Waals surface area contributed by atoms with Crippen LogP contribution in [0.4, 0.5) is 0 Å². The first-order chi connectivity index (χ1) is 14.0. The van der Waals surface area contributed by atoms with E-state index in [9.17, 15) is 13.2 Å². The van der Waals surface area contributed by atoms with Crippen LogP contribution in [0.2, 0.25) is 0 Å². The lowest BCUT2D eigenvalue weighted by Crippen LogP contribution is -2.51. The minimum absolute atomic E-state index is 0.211. The molecule has 3 rings (SSSR count). The van der Waals surface area contributed by atoms with Crippen LogP contribution in [0.15, 0.2) is 64.6 Å². The molecule has 2 aromatic carbocycles. The molecule has 1 aliphatic rings. The molecule has 0 saturated carbocycles. The highest BCUT2D eigenvalue weighted by molar-refractivity contribution is 7.89. The summed E-state index contributed by atoms with van der Waals surface area (Å²) in [5, 5.41) is 3.82. The fraction of sp³-hybridized carbons (Fsp3) is 0.300. The lowest BCUT2D eigenvalue weighted by Gasteiger charge is -2.33. The van der Waals surface area contributed by atoms with E-state index in [1.54, 1.807) is 48.4 Å². The van der Waals surface area contributed by atoms with Gasteiger partial charge in [0, 0.05) is 31.7 Å². The number of piperazine rings is 1. The van der Waals surface area contributed by atoms with E-state index < -0.39 is 10.0 Å². The highest BCUT2D eigenvalue weighted by atomic mass is 32.2. The van der Waals surface area contributed by atoms with E-state index >= 15 is 0 Å². The van der Waals surface area contributed by atoms with E-state index in [4.69, 9.17) is 9.57 Å². The van der Waals surface area contributed by atoms with Crippen molar-refractivity contribution in [2.24, 2.45) is 5.16 Å². The van der Waals surface area contributed by atoms with Gasteiger partial charge in [-0.3, -0.25) is 4.79 Å². The molecule has 154 valence electrons. The van der Waals surface area contributed by atoms with Gasteiger partial charge in [0.15, 0.2) is 6.61 Å². The second kappa shape index (κ2) is 9.53. The van der Waals surface area contributed by atoms with Crippen LogP contribution in [-0.2, 0) is 19.7 Å². The number of methoxy groups -OCH3 is 1. The average Bonchev–Trinajstić information content (AvgIpc) is 2.77. The molecule has 1 fully saturated rings. The molecule has 0 unspecified atom stereocenters. The predicted octanol–water partition coefficient (Wildman–Crippen LogP) is 1.58. The van der Waals surface area contributed by atoms with Gasteiger partial charge in [-0.25, -0.2) is 8.42 Å². The minimum atomic E-state index is -3.54. The van der Waals surface area contributed by atoms with Crippen LogP contribution >= 0.6 is 0 Å². The molecule has 2 aromatic rings. The van der Waals surface area contributed by atoms with Crippen molar-refractivity contribution in [1.29, 1.82) is 0 Å². The zero-order chi connectivity index (χ0) is 20.7. The first kappa shape index (κ1) is 20.8. The van der Waals surface area contributed by atoms with Crippen LogP contribution in [0.1, 0.15) is 5.56 Å². The van der Waals surface area contributed by atoms with E-state index in [1.807, 2.05) is 18.2 Å². The molecule has 1 amide bonds. The molecule has 0 aliphatic carbocycles. The summed E-state index contributed by atoms with van der Waals surface area (Å²) in [6, 6.07) is 15.6. The van der Waals surface area contributed by atoms with Crippen molar-refractivity contribution in [3.05, 3.63) is 60.2 Å². The standard InChI is InChI=1S/C20H23N3O5S/c1-27-19-10-6-5-7-17(19)15-21-28-16-20(24)22-11-13-23(14-12-22)29(25,26)18-8-3-2-4-9-18/h2-10,15H,11-14,16H2,1H3/b21-15-. The van der Waals surface area contributed by atoms with Crippen LogP contribution in [0.3, 0.4) is 0 Å². The summed E-state index contributed by atoms with van der Waals surface area (Å²) in [6.07, 6.45) is 1.48. The molecule has 1 saturated heterocycles. The van der Waals surface area contributed by atoms with E-state index in [-0.39, 0.29) is 30.5 Å².